The second kappa shape index (κ2) is 7.82. The van der Waals surface area contributed by atoms with Gasteiger partial charge in [0.05, 0.1) is 38.8 Å². The molecule has 2 aliphatic rings. The lowest BCUT2D eigenvalue weighted by Crippen LogP contribution is -3.12. The van der Waals surface area contributed by atoms with Crippen molar-refractivity contribution < 1.29 is 14.5 Å². The number of amides is 2. The number of nitrogens with one attached hydrogen (secondary N) is 2. The molecule has 1 fully saturated rings. The highest BCUT2D eigenvalue weighted by atomic mass is 32.1. The first kappa shape index (κ1) is 18.2. The van der Waals surface area contributed by atoms with Crippen LogP contribution in [-0.2, 0) is 12.8 Å². The number of benzene rings is 1. The number of piperazine rings is 1. The third-order valence-electron chi connectivity index (χ3n) is 5.55. The molecule has 0 spiro atoms. The number of aryl methyl sites for hydroxylation is 1. The Morgan fingerprint density at radius 1 is 1.07 bits per heavy atom. The number of rotatable bonds is 3. The maximum Gasteiger partial charge on any atom is 0.257 e. The molecule has 1 aliphatic carbocycles. The van der Waals surface area contributed by atoms with Gasteiger partial charge in [-0.05, 0) is 43.4 Å². The minimum atomic E-state index is -0.147. The molecule has 2 amide bonds. The average Bonchev–Trinajstić information content (AvgIpc) is 3.06. The topological polar surface area (TPSA) is 53.9 Å². The van der Waals surface area contributed by atoms with Crippen molar-refractivity contribution in [2.75, 3.05) is 38.5 Å². The van der Waals surface area contributed by atoms with E-state index in [1.807, 2.05) is 23.1 Å². The lowest BCUT2D eigenvalue weighted by Gasteiger charge is -2.30. The number of hydrogen-bond acceptors (Lipinski definition) is 3. The molecule has 1 saturated heterocycles. The number of thiophene rings is 1. The Kier molecular flexibility index (Phi) is 5.27. The van der Waals surface area contributed by atoms with E-state index in [0.717, 1.165) is 62.4 Å². The van der Waals surface area contributed by atoms with Crippen LogP contribution in [0.1, 0.15) is 44.0 Å². The first-order valence-electron chi connectivity index (χ1n) is 9.75. The van der Waals surface area contributed by atoms with Crippen molar-refractivity contribution in [2.45, 2.75) is 25.7 Å². The van der Waals surface area contributed by atoms with Crippen molar-refractivity contribution in [3.8, 4) is 0 Å². The number of likely N-dealkylation sites (N-methyl/N-ethyl adjacent to an activating group) is 1. The molecular formula is C21H26N3O2S+. The molecule has 5 nitrogen and oxygen atoms in total. The largest absolute Gasteiger partial charge is 0.334 e. The predicted molar refractivity (Wildman–Crippen MR) is 108 cm³/mol. The zero-order valence-corrected chi connectivity index (χ0v) is 16.5. The summed E-state index contributed by atoms with van der Waals surface area (Å²) in [5.74, 6) is -0.0590. The van der Waals surface area contributed by atoms with Gasteiger partial charge in [-0.1, -0.05) is 18.2 Å². The van der Waals surface area contributed by atoms with Gasteiger partial charge in [-0.15, -0.1) is 11.3 Å². The Morgan fingerprint density at radius 3 is 2.52 bits per heavy atom. The number of carbonyl (C=O) groups is 2. The zero-order chi connectivity index (χ0) is 18.8. The maximum atomic E-state index is 13.4. The maximum absolute atomic E-state index is 13.4. The summed E-state index contributed by atoms with van der Waals surface area (Å²) in [6, 6.07) is 9.20. The quantitative estimate of drug-likeness (QED) is 0.849. The van der Waals surface area contributed by atoms with Gasteiger partial charge < -0.3 is 15.1 Å². The van der Waals surface area contributed by atoms with Crippen LogP contribution in [0.25, 0.3) is 0 Å². The second-order valence-electron chi connectivity index (χ2n) is 7.48. The van der Waals surface area contributed by atoms with Crippen LogP contribution in [0.4, 0.5) is 5.00 Å². The minimum absolute atomic E-state index is 0.0882. The summed E-state index contributed by atoms with van der Waals surface area (Å²) >= 11 is 1.59. The molecule has 1 aliphatic heterocycles. The zero-order valence-electron chi connectivity index (χ0n) is 15.7. The van der Waals surface area contributed by atoms with E-state index in [-0.39, 0.29) is 11.8 Å². The Morgan fingerprint density at radius 2 is 1.78 bits per heavy atom. The summed E-state index contributed by atoms with van der Waals surface area (Å²) in [5, 5.41) is 3.77. The standard InChI is InChI=1S/C21H25N3O2S/c1-23-11-13-24(14-12-23)21(26)18-16-9-5-6-10-17(16)27-20(18)22-19(25)15-7-3-2-4-8-15/h2-4,7-8H,5-6,9-14H2,1H3,(H,22,25)/p+1. The monoisotopic (exact) mass is 384 g/mol. The van der Waals surface area contributed by atoms with E-state index < -0.39 is 0 Å². The lowest BCUT2D eigenvalue weighted by molar-refractivity contribution is -0.883. The van der Waals surface area contributed by atoms with Crippen molar-refractivity contribution >= 4 is 28.2 Å². The van der Waals surface area contributed by atoms with E-state index in [1.165, 1.54) is 15.3 Å². The van der Waals surface area contributed by atoms with Crippen LogP contribution in [0.2, 0.25) is 0 Å². The number of quaternary nitrogens is 1. The average molecular weight is 385 g/mol. The van der Waals surface area contributed by atoms with E-state index in [9.17, 15) is 9.59 Å². The van der Waals surface area contributed by atoms with Gasteiger partial charge in [-0.2, -0.15) is 0 Å². The van der Waals surface area contributed by atoms with E-state index in [4.69, 9.17) is 0 Å². The molecule has 2 heterocycles. The van der Waals surface area contributed by atoms with Crippen LogP contribution in [0.15, 0.2) is 30.3 Å². The van der Waals surface area contributed by atoms with Crippen molar-refractivity contribution in [1.29, 1.82) is 0 Å². The highest BCUT2D eigenvalue weighted by Crippen LogP contribution is 2.39. The van der Waals surface area contributed by atoms with Crippen LogP contribution in [-0.4, -0.2) is 49.9 Å². The smallest absolute Gasteiger partial charge is 0.257 e. The van der Waals surface area contributed by atoms with Crippen LogP contribution in [0.3, 0.4) is 0 Å². The fourth-order valence-corrected chi connectivity index (χ4v) is 5.17. The van der Waals surface area contributed by atoms with Crippen molar-refractivity contribution in [2.24, 2.45) is 0 Å². The number of nitrogens with zero attached hydrogens (tertiary/aromatic N) is 1. The molecule has 4 rings (SSSR count). The van der Waals surface area contributed by atoms with Gasteiger partial charge in [0.2, 0.25) is 0 Å². The molecule has 1 aromatic carbocycles. The Balaban J connectivity index is 1.64. The molecule has 2 aromatic rings. The Labute approximate surface area is 164 Å². The van der Waals surface area contributed by atoms with Gasteiger partial charge in [-0.3, -0.25) is 9.59 Å². The summed E-state index contributed by atoms with van der Waals surface area (Å²) in [6.45, 7) is 3.51. The first-order chi connectivity index (χ1) is 13.1. The number of hydrogen-bond donors (Lipinski definition) is 2. The predicted octanol–water partition coefficient (Wildman–Crippen LogP) is 1.85. The summed E-state index contributed by atoms with van der Waals surface area (Å²) in [5.41, 5.74) is 2.54. The number of carbonyl (C=O) groups excluding carboxylic acids is 2. The van der Waals surface area contributed by atoms with Gasteiger partial charge in [-0.25, -0.2) is 0 Å². The van der Waals surface area contributed by atoms with Crippen molar-refractivity contribution in [3.63, 3.8) is 0 Å². The molecule has 27 heavy (non-hydrogen) atoms. The molecule has 2 N–H and O–H groups in total. The van der Waals surface area contributed by atoms with Crippen LogP contribution in [0, 0.1) is 0 Å². The molecule has 0 bridgehead atoms. The second-order valence-corrected chi connectivity index (χ2v) is 8.59. The Hall–Kier alpha value is -2.18. The molecule has 0 radical (unpaired) electrons. The van der Waals surface area contributed by atoms with Gasteiger partial charge in [0.25, 0.3) is 11.8 Å². The van der Waals surface area contributed by atoms with Crippen molar-refractivity contribution in [3.05, 3.63) is 51.9 Å². The molecule has 1 aromatic heterocycles. The minimum Gasteiger partial charge on any atom is -0.334 e. The molecule has 0 unspecified atom stereocenters. The van der Waals surface area contributed by atoms with E-state index >= 15 is 0 Å². The van der Waals surface area contributed by atoms with Crippen molar-refractivity contribution in [1.82, 2.24) is 4.90 Å². The van der Waals surface area contributed by atoms with E-state index in [1.54, 1.807) is 23.5 Å². The highest BCUT2D eigenvalue weighted by molar-refractivity contribution is 7.17. The number of fused-ring (bicyclic) bond motifs is 1. The van der Waals surface area contributed by atoms with Crippen LogP contribution >= 0.6 is 11.3 Å². The summed E-state index contributed by atoms with van der Waals surface area (Å²) in [6.07, 6.45) is 4.22. The van der Waals surface area contributed by atoms with Gasteiger partial charge in [0, 0.05) is 10.4 Å². The SMILES string of the molecule is C[NH+]1CCN(C(=O)c2c(NC(=O)c3ccccc3)sc3c2CCCC3)CC1. The van der Waals surface area contributed by atoms with Gasteiger partial charge in [0.15, 0.2) is 0 Å². The van der Waals surface area contributed by atoms with E-state index in [0.29, 0.717) is 5.56 Å². The summed E-state index contributed by atoms with van der Waals surface area (Å²) < 4.78 is 0. The molecule has 142 valence electrons. The van der Waals surface area contributed by atoms with Crippen LogP contribution < -0.4 is 10.2 Å². The van der Waals surface area contributed by atoms with Crippen LogP contribution in [0.5, 0.6) is 0 Å². The molecule has 0 saturated carbocycles. The summed E-state index contributed by atoms with van der Waals surface area (Å²) in [4.78, 5) is 30.7. The number of anilines is 1. The summed E-state index contributed by atoms with van der Waals surface area (Å²) in [7, 11) is 2.17. The fraction of sp³-hybridized carbons (Fsp3) is 0.429. The van der Waals surface area contributed by atoms with Gasteiger partial charge in [0.1, 0.15) is 5.00 Å². The fourth-order valence-electron chi connectivity index (χ4n) is 3.89. The lowest BCUT2D eigenvalue weighted by atomic mass is 9.95. The van der Waals surface area contributed by atoms with Gasteiger partial charge >= 0.3 is 0 Å². The Bertz CT molecular complexity index is 839. The molecular weight excluding hydrogens is 358 g/mol. The highest BCUT2D eigenvalue weighted by Gasteiger charge is 2.31. The van der Waals surface area contributed by atoms with E-state index in [2.05, 4.69) is 12.4 Å². The molecule has 6 heteroatoms. The third kappa shape index (κ3) is 3.77. The first-order valence-corrected chi connectivity index (χ1v) is 10.6. The third-order valence-corrected chi connectivity index (χ3v) is 6.76. The molecule has 0 atom stereocenters. The normalized spacial score (nSPS) is 17.4.